The second-order valence-corrected chi connectivity index (χ2v) is 5.13. The summed E-state index contributed by atoms with van der Waals surface area (Å²) in [6.45, 7) is 2.67. The molecule has 0 saturated heterocycles. The number of aryl methyl sites for hydroxylation is 1. The van der Waals surface area contributed by atoms with E-state index in [0.29, 0.717) is 6.54 Å². The zero-order valence-corrected chi connectivity index (χ0v) is 11.9. The highest BCUT2D eigenvalue weighted by Crippen LogP contribution is 2.18. The predicted molar refractivity (Wildman–Crippen MR) is 78.0 cm³/mol. The number of oxazole rings is 1. The van der Waals surface area contributed by atoms with Gasteiger partial charge in [-0.1, -0.05) is 6.07 Å². The number of aromatic nitrogens is 2. The van der Waals surface area contributed by atoms with E-state index in [1.165, 1.54) is 6.39 Å². The van der Waals surface area contributed by atoms with Crippen LogP contribution in [0.5, 0.6) is 0 Å². The molecule has 5 heteroatoms. The van der Waals surface area contributed by atoms with Crippen molar-refractivity contribution in [3.63, 3.8) is 0 Å². The van der Waals surface area contributed by atoms with Gasteiger partial charge in [-0.2, -0.15) is 0 Å². The fourth-order valence-electron chi connectivity index (χ4n) is 1.84. The molecule has 0 unspecified atom stereocenters. The topological polar surface area (TPSA) is 51.0 Å². The number of nitrogens with zero attached hydrogens (tertiary/aromatic N) is 2. The zero-order valence-electron chi connectivity index (χ0n) is 10.4. The normalized spacial score (nSPS) is 10.8. The van der Waals surface area contributed by atoms with Gasteiger partial charge in [0, 0.05) is 11.0 Å². The van der Waals surface area contributed by atoms with Gasteiger partial charge in [0.1, 0.15) is 11.3 Å². The minimum Gasteiger partial charge on any atom is -0.443 e. The molecule has 0 amide bonds. The molecular formula is C14H12BrN3O. The van der Waals surface area contributed by atoms with Gasteiger partial charge in [0.25, 0.3) is 0 Å². The number of rotatable bonds is 3. The lowest BCUT2D eigenvalue weighted by molar-refractivity contribution is 0.602. The van der Waals surface area contributed by atoms with Crippen LogP contribution in [0.2, 0.25) is 0 Å². The number of hydrogen-bond donors (Lipinski definition) is 1. The van der Waals surface area contributed by atoms with E-state index >= 15 is 0 Å². The number of pyridine rings is 1. The summed E-state index contributed by atoms with van der Waals surface area (Å²) in [5, 5.41) is 3.29. The van der Waals surface area contributed by atoms with Crippen LogP contribution in [0.1, 0.15) is 11.3 Å². The number of fused-ring (bicyclic) bond motifs is 1. The Labute approximate surface area is 119 Å². The molecule has 0 aliphatic carbocycles. The molecule has 3 aromatic rings. The number of nitrogens with one attached hydrogen (secondary N) is 1. The Hall–Kier alpha value is -1.88. The van der Waals surface area contributed by atoms with Crippen LogP contribution in [0, 0.1) is 6.92 Å². The van der Waals surface area contributed by atoms with E-state index in [4.69, 9.17) is 4.42 Å². The molecule has 4 nitrogen and oxygen atoms in total. The summed E-state index contributed by atoms with van der Waals surface area (Å²) >= 11 is 3.44. The molecule has 1 N–H and O–H groups in total. The van der Waals surface area contributed by atoms with Crippen molar-refractivity contribution in [1.82, 2.24) is 9.97 Å². The summed E-state index contributed by atoms with van der Waals surface area (Å²) < 4.78 is 6.30. The molecule has 1 aromatic carbocycles. The highest BCUT2D eigenvalue weighted by Gasteiger charge is 2.02. The Balaban J connectivity index is 1.75. The molecule has 0 bridgehead atoms. The molecule has 2 heterocycles. The van der Waals surface area contributed by atoms with Crippen LogP contribution in [0.25, 0.3) is 11.1 Å². The maximum atomic E-state index is 5.28. The van der Waals surface area contributed by atoms with Gasteiger partial charge in [-0.25, -0.2) is 9.97 Å². The van der Waals surface area contributed by atoms with Crippen LogP contribution in [0.4, 0.5) is 5.82 Å². The third kappa shape index (κ3) is 2.61. The van der Waals surface area contributed by atoms with E-state index < -0.39 is 0 Å². The third-order valence-electron chi connectivity index (χ3n) is 2.89. The van der Waals surface area contributed by atoms with Crippen molar-refractivity contribution in [3.05, 3.63) is 52.5 Å². The molecular weight excluding hydrogens is 306 g/mol. The Kier molecular flexibility index (Phi) is 3.21. The summed E-state index contributed by atoms with van der Waals surface area (Å²) in [6.07, 6.45) is 1.46. The van der Waals surface area contributed by atoms with Crippen LogP contribution < -0.4 is 5.32 Å². The van der Waals surface area contributed by atoms with Crippen molar-refractivity contribution in [3.8, 4) is 0 Å². The largest absolute Gasteiger partial charge is 0.443 e. The van der Waals surface area contributed by atoms with E-state index in [9.17, 15) is 0 Å². The maximum Gasteiger partial charge on any atom is 0.181 e. The van der Waals surface area contributed by atoms with Gasteiger partial charge < -0.3 is 9.73 Å². The van der Waals surface area contributed by atoms with Gasteiger partial charge in [0.05, 0.1) is 5.69 Å². The predicted octanol–water partition coefficient (Wildman–Crippen LogP) is 3.91. The van der Waals surface area contributed by atoms with Crippen LogP contribution in [0.15, 0.2) is 45.6 Å². The molecule has 0 radical (unpaired) electrons. The van der Waals surface area contributed by atoms with Crippen molar-refractivity contribution >= 4 is 32.8 Å². The number of anilines is 1. The minimum absolute atomic E-state index is 0.699. The molecule has 0 aliphatic heterocycles. The van der Waals surface area contributed by atoms with Crippen molar-refractivity contribution in [2.75, 3.05) is 5.32 Å². The fourth-order valence-corrected chi connectivity index (χ4v) is 2.07. The first kappa shape index (κ1) is 12.2. The Morgan fingerprint density at radius 2 is 2.16 bits per heavy atom. The van der Waals surface area contributed by atoms with Crippen molar-refractivity contribution in [1.29, 1.82) is 0 Å². The monoisotopic (exact) mass is 317 g/mol. The van der Waals surface area contributed by atoms with E-state index in [1.807, 2.05) is 37.3 Å². The lowest BCUT2D eigenvalue weighted by Gasteiger charge is -2.07. The molecule has 3 rings (SSSR count). The molecule has 19 heavy (non-hydrogen) atoms. The second kappa shape index (κ2) is 5.01. The lowest BCUT2D eigenvalue weighted by atomic mass is 10.2. The molecule has 0 spiro atoms. The first-order valence-electron chi connectivity index (χ1n) is 5.91. The van der Waals surface area contributed by atoms with E-state index in [-0.39, 0.29) is 0 Å². The highest BCUT2D eigenvalue weighted by molar-refractivity contribution is 9.10. The summed E-state index contributed by atoms with van der Waals surface area (Å²) in [7, 11) is 0. The Bertz CT molecular complexity index is 724. The van der Waals surface area contributed by atoms with E-state index in [2.05, 4.69) is 31.2 Å². The van der Waals surface area contributed by atoms with Crippen LogP contribution in [0.3, 0.4) is 0 Å². The third-order valence-corrected chi connectivity index (χ3v) is 3.73. The Morgan fingerprint density at radius 1 is 1.26 bits per heavy atom. The highest BCUT2D eigenvalue weighted by atomic mass is 79.9. The number of halogens is 1. The SMILES string of the molecule is Cc1nc(NCc2ccc3ncoc3c2)ccc1Br. The van der Waals surface area contributed by atoms with E-state index in [1.54, 1.807) is 0 Å². The number of hydrogen-bond acceptors (Lipinski definition) is 4. The van der Waals surface area contributed by atoms with Crippen molar-refractivity contribution in [2.24, 2.45) is 0 Å². The van der Waals surface area contributed by atoms with Gasteiger partial charge in [-0.3, -0.25) is 0 Å². The molecule has 96 valence electrons. The first-order chi connectivity index (χ1) is 9.22. The second-order valence-electron chi connectivity index (χ2n) is 4.27. The maximum absolute atomic E-state index is 5.28. The summed E-state index contributed by atoms with van der Waals surface area (Å²) in [5.41, 5.74) is 3.78. The van der Waals surface area contributed by atoms with E-state index in [0.717, 1.165) is 32.6 Å². The minimum atomic E-state index is 0.699. The van der Waals surface area contributed by atoms with Crippen molar-refractivity contribution in [2.45, 2.75) is 13.5 Å². The molecule has 2 aromatic heterocycles. The van der Waals surface area contributed by atoms with Gasteiger partial charge in [-0.05, 0) is 52.7 Å². The summed E-state index contributed by atoms with van der Waals surface area (Å²) in [5.74, 6) is 0.860. The molecule has 0 aliphatic rings. The Morgan fingerprint density at radius 3 is 3.00 bits per heavy atom. The van der Waals surface area contributed by atoms with Gasteiger partial charge in [-0.15, -0.1) is 0 Å². The standard InChI is InChI=1S/C14H12BrN3O/c1-9-11(15)3-5-14(18-9)16-7-10-2-4-12-13(6-10)19-8-17-12/h2-6,8H,7H2,1H3,(H,16,18). The van der Waals surface area contributed by atoms with Crippen LogP contribution in [-0.2, 0) is 6.54 Å². The quantitative estimate of drug-likeness (QED) is 0.795. The van der Waals surface area contributed by atoms with Gasteiger partial charge >= 0.3 is 0 Å². The molecule has 0 fully saturated rings. The molecule has 0 atom stereocenters. The summed E-state index contributed by atoms with van der Waals surface area (Å²) in [6, 6.07) is 9.91. The molecule has 0 saturated carbocycles. The zero-order chi connectivity index (χ0) is 13.2. The average molecular weight is 318 g/mol. The summed E-state index contributed by atoms with van der Waals surface area (Å²) in [4.78, 5) is 8.54. The van der Waals surface area contributed by atoms with Gasteiger partial charge in [0.15, 0.2) is 12.0 Å². The van der Waals surface area contributed by atoms with Gasteiger partial charge in [0.2, 0.25) is 0 Å². The first-order valence-corrected chi connectivity index (χ1v) is 6.71. The smallest absolute Gasteiger partial charge is 0.181 e. The fraction of sp³-hybridized carbons (Fsp3) is 0.143. The average Bonchev–Trinajstić information content (AvgIpc) is 2.87. The number of benzene rings is 1. The lowest BCUT2D eigenvalue weighted by Crippen LogP contribution is -2.02. The van der Waals surface area contributed by atoms with Crippen molar-refractivity contribution < 1.29 is 4.42 Å². The van der Waals surface area contributed by atoms with Crippen LogP contribution in [-0.4, -0.2) is 9.97 Å². The van der Waals surface area contributed by atoms with Crippen LogP contribution >= 0.6 is 15.9 Å².